The number of aromatic nitrogens is 2. The van der Waals surface area contributed by atoms with Crippen molar-refractivity contribution in [2.24, 2.45) is 0 Å². The molecule has 3 aromatic carbocycles. The zero-order valence-corrected chi connectivity index (χ0v) is 22.0. The van der Waals surface area contributed by atoms with Crippen molar-refractivity contribution < 1.29 is 22.7 Å². The van der Waals surface area contributed by atoms with Crippen LogP contribution in [0.25, 0.3) is 0 Å². The minimum absolute atomic E-state index is 0.0136. The quantitative estimate of drug-likeness (QED) is 0.352. The molecular formula is C27H24N4O5S2. The van der Waals surface area contributed by atoms with Gasteiger partial charge in [-0.15, -0.1) is 10.2 Å². The van der Waals surface area contributed by atoms with Gasteiger partial charge in [0, 0.05) is 30.9 Å². The number of benzene rings is 3. The standard InChI is InChI=1S/C27H24N4O5S2/c1-36-22-13-12-20(26(33)28-27-30-29-24(37-27)14-18-8-4-2-5-9-18)15-23(22)38(34,35)31-17-21(16-25(31)32)19-10-6-3-7-11-19/h2-13,15,21H,14,16-17H2,1H3,(H,28,30,33)/t21-/m1/s1. The van der Waals surface area contributed by atoms with Crippen molar-refractivity contribution >= 4 is 38.3 Å². The van der Waals surface area contributed by atoms with Crippen LogP contribution in [-0.2, 0) is 21.2 Å². The fourth-order valence-corrected chi connectivity index (χ4v) is 6.72. The summed E-state index contributed by atoms with van der Waals surface area (Å²) in [6.07, 6.45) is 0.654. The molecule has 9 nitrogen and oxygen atoms in total. The Morgan fingerprint density at radius 1 is 1.05 bits per heavy atom. The summed E-state index contributed by atoms with van der Waals surface area (Å²) in [5.74, 6) is -1.27. The van der Waals surface area contributed by atoms with Crippen LogP contribution in [0.3, 0.4) is 0 Å². The Bertz CT molecular complexity index is 1570. The molecule has 0 aliphatic carbocycles. The molecule has 1 N–H and O–H groups in total. The number of amides is 2. The molecule has 38 heavy (non-hydrogen) atoms. The molecule has 0 saturated carbocycles. The summed E-state index contributed by atoms with van der Waals surface area (Å²) in [5, 5.41) is 11.9. The van der Waals surface area contributed by atoms with Crippen molar-refractivity contribution in [2.45, 2.75) is 23.7 Å². The molecule has 0 bridgehead atoms. The highest BCUT2D eigenvalue weighted by Gasteiger charge is 2.40. The highest BCUT2D eigenvalue weighted by molar-refractivity contribution is 7.89. The van der Waals surface area contributed by atoms with E-state index in [0.29, 0.717) is 11.6 Å². The zero-order valence-electron chi connectivity index (χ0n) is 20.4. The Morgan fingerprint density at radius 3 is 2.47 bits per heavy atom. The van der Waals surface area contributed by atoms with E-state index in [2.05, 4.69) is 15.5 Å². The van der Waals surface area contributed by atoms with Gasteiger partial charge in [0.15, 0.2) is 0 Å². The number of nitrogens with one attached hydrogen (secondary N) is 1. The van der Waals surface area contributed by atoms with Crippen molar-refractivity contribution in [3.05, 3.63) is 101 Å². The second-order valence-electron chi connectivity index (χ2n) is 8.72. The Hall–Kier alpha value is -4.09. The van der Waals surface area contributed by atoms with E-state index >= 15 is 0 Å². The first kappa shape index (κ1) is 25.6. The lowest BCUT2D eigenvalue weighted by Gasteiger charge is -2.19. The normalized spacial score (nSPS) is 15.4. The average Bonchev–Trinajstić information content (AvgIpc) is 3.55. The summed E-state index contributed by atoms with van der Waals surface area (Å²) < 4.78 is 33.3. The molecule has 1 saturated heterocycles. The van der Waals surface area contributed by atoms with Crippen LogP contribution < -0.4 is 10.1 Å². The molecule has 5 rings (SSSR count). The molecule has 1 atom stereocenters. The van der Waals surface area contributed by atoms with Crippen molar-refractivity contribution in [3.8, 4) is 5.75 Å². The molecule has 1 aliphatic rings. The summed E-state index contributed by atoms with van der Waals surface area (Å²) in [6, 6.07) is 23.2. The third-order valence-corrected chi connectivity index (χ3v) is 8.88. The summed E-state index contributed by atoms with van der Waals surface area (Å²) in [6.45, 7) is 0.0136. The largest absolute Gasteiger partial charge is 0.495 e. The highest BCUT2D eigenvalue weighted by atomic mass is 32.2. The molecule has 1 aliphatic heterocycles. The predicted molar refractivity (Wildman–Crippen MR) is 143 cm³/mol. The second kappa shape index (κ2) is 10.7. The van der Waals surface area contributed by atoms with Crippen molar-refractivity contribution in [2.75, 3.05) is 19.0 Å². The van der Waals surface area contributed by atoms with Crippen molar-refractivity contribution in [1.82, 2.24) is 14.5 Å². The number of rotatable bonds is 8. The summed E-state index contributed by atoms with van der Waals surface area (Å²) in [4.78, 5) is 25.5. The Balaban J connectivity index is 1.36. The highest BCUT2D eigenvalue weighted by Crippen LogP contribution is 2.35. The van der Waals surface area contributed by atoms with Gasteiger partial charge in [-0.25, -0.2) is 12.7 Å². The maximum absolute atomic E-state index is 13.6. The third-order valence-electron chi connectivity index (χ3n) is 6.24. The summed E-state index contributed by atoms with van der Waals surface area (Å²) in [7, 11) is -2.94. The minimum atomic E-state index is -4.28. The van der Waals surface area contributed by atoms with Gasteiger partial charge in [0.1, 0.15) is 15.7 Å². The first-order valence-corrected chi connectivity index (χ1v) is 14.1. The first-order valence-electron chi connectivity index (χ1n) is 11.8. The van der Waals surface area contributed by atoms with E-state index in [4.69, 9.17) is 4.74 Å². The maximum Gasteiger partial charge on any atom is 0.270 e. The van der Waals surface area contributed by atoms with Gasteiger partial charge >= 0.3 is 0 Å². The number of anilines is 1. The Morgan fingerprint density at radius 2 is 1.76 bits per heavy atom. The summed E-state index contributed by atoms with van der Waals surface area (Å²) >= 11 is 1.24. The number of carbonyl (C=O) groups is 2. The van der Waals surface area contributed by atoms with Gasteiger partial charge in [-0.2, -0.15) is 0 Å². The van der Waals surface area contributed by atoms with Gasteiger partial charge in [-0.3, -0.25) is 14.9 Å². The molecule has 1 aromatic heterocycles. The number of methoxy groups -OCH3 is 1. The van der Waals surface area contributed by atoms with Gasteiger partial charge in [0.05, 0.1) is 7.11 Å². The molecule has 0 radical (unpaired) electrons. The maximum atomic E-state index is 13.6. The molecule has 11 heteroatoms. The van der Waals surface area contributed by atoms with E-state index in [-0.39, 0.29) is 35.1 Å². The SMILES string of the molecule is COc1ccc(C(=O)Nc2nnc(Cc3ccccc3)s2)cc1S(=O)(=O)N1C[C@H](c2ccccc2)CC1=O. The van der Waals surface area contributed by atoms with Gasteiger partial charge < -0.3 is 4.74 Å². The second-order valence-corrected chi connectivity index (χ2v) is 11.6. The van der Waals surface area contributed by atoms with Crippen molar-refractivity contribution in [3.63, 3.8) is 0 Å². The lowest BCUT2D eigenvalue weighted by molar-refractivity contribution is -0.123. The molecule has 4 aromatic rings. The van der Waals surface area contributed by atoms with Crippen LogP contribution >= 0.6 is 11.3 Å². The smallest absolute Gasteiger partial charge is 0.270 e. The van der Waals surface area contributed by atoms with Gasteiger partial charge in [0.25, 0.3) is 15.9 Å². The number of hydrogen-bond acceptors (Lipinski definition) is 8. The molecule has 2 amide bonds. The van der Waals surface area contributed by atoms with Crippen LogP contribution in [0.5, 0.6) is 5.75 Å². The van der Waals surface area contributed by atoms with Crippen LogP contribution in [0.2, 0.25) is 0 Å². The molecule has 0 unspecified atom stereocenters. The zero-order chi connectivity index (χ0) is 26.7. The van der Waals surface area contributed by atoms with E-state index in [9.17, 15) is 18.0 Å². The number of ether oxygens (including phenoxy) is 1. The molecule has 0 spiro atoms. The van der Waals surface area contributed by atoms with Crippen LogP contribution in [0.15, 0.2) is 83.8 Å². The van der Waals surface area contributed by atoms with Crippen LogP contribution in [0, 0.1) is 0 Å². The van der Waals surface area contributed by atoms with E-state index in [1.807, 2.05) is 60.7 Å². The number of nitrogens with zero attached hydrogens (tertiary/aromatic N) is 3. The van der Waals surface area contributed by atoms with E-state index in [0.717, 1.165) is 20.4 Å². The lowest BCUT2D eigenvalue weighted by atomic mass is 9.99. The number of carbonyl (C=O) groups excluding carboxylic acids is 2. The number of sulfonamides is 1. The molecule has 194 valence electrons. The van der Waals surface area contributed by atoms with Crippen LogP contribution in [0.1, 0.15) is 38.8 Å². The van der Waals surface area contributed by atoms with Crippen molar-refractivity contribution in [1.29, 1.82) is 0 Å². The molecule has 2 heterocycles. The number of hydrogen-bond donors (Lipinski definition) is 1. The van der Waals surface area contributed by atoms with Crippen LogP contribution in [-0.4, -0.2) is 48.4 Å². The lowest BCUT2D eigenvalue weighted by Crippen LogP contribution is -2.32. The van der Waals surface area contributed by atoms with Gasteiger partial charge in [0.2, 0.25) is 11.0 Å². The fraction of sp³-hybridized carbons (Fsp3) is 0.185. The third kappa shape index (κ3) is 5.29. The first-order chi connectivity index (χ1) is 18.3. The summed E-state index contributed by atoms with van der Waals surface area (Å²) in [5.41, 5.74) is 2.04. The Kier molecular flexibility index (Phi) is 7.21. The van der Waals surface area contributed by atoms with Gasteiger partial charge in [-0.1, -0.05) is 72.0 Å². The predicted octanol–water partition coefficient (Wildman–Crippen LogP) is 4.09. The van der Waals surface area contributed by atoms with Gasteiger partial charge in [-0.05, 0) is 29.3 Å². The monoisotopic (exact) mass is 548 g/mol. The topological polar surface area (TPSA) is 119 Å². The molecular weight excluding hydrogens is 524 g/mol. The Labute approximate surface area is 224 Å². The van der Waals surface area contributed by atoms with E-state index < -0.39 is 21.8 Å². The average molecular weight is 549 g/mol. The minimum Gasteiger partial charge on any atom is -0.495 e. The fourth-order valence-electron chi connectivity index (χ4n) is 4.31. The molecule has 1 fully saturated rings. The van der Waals surface area contributed by atoms with Crippen LogP contribution in [0.4, 0.5) is 5.13 Å². The van der Waals surface area contributed by atoms with E-state index in [1.165, 1.54) is 36.6 Å². The van der Waals surface area contributed by atoms with E-state index in [1.54, 1.807) is 0 Å².